The van der Waals surface area contributed by atoms with Crippen molar-refractivity contribution in [2.24, 2.45) is 0 Å². The second kappa shape index (κ2) is 9.76. The van der Waals surface area contributed by atoms with E-state index >= 15 is 0 Å². The first-order valence-corrected chi connectivity index (χ1v) is 9.32. The summed E-state index contributed by atoms with van der Waals surface area (Å²) in [5, 5.41) is 2.86. The number of aryl methyl sites for hydroxylation is 1. The smallest absolute Gasteiger partial charge is 0.264 e. The molecule has 2 unspecified atom stereocenters. The number of anilines is 1. The highest BCUT2D eigenvalue weighted by molar-refractivity contribution is 5.97. The summed E-state index contributed by atoms with van der Waals surface area (Å²) in [6.45, 7) is 7.92. The molecule has 2 atom stereocenters. The molecule has 144 valence electrons. The normalized spacial score (nSPS) is 12.7. The highest BCUT2D eigenvalue weighted by Gasteiger charge is 2.29. The zero-order valence-electron chi connectivity index (χ0n) is 16.4. The molecule has 0 aliphatic heterocycles. The number of carbonyl (C=O) groups excluding carboxylic acids is 2. The van der Waals surface area contributed by atoms with Gasteiger partial charge in [0.05, 0.1) is 0 Å². The Kier molecular flexibility index (Phi) is 7.41. The van der Waals surface area contributed by atoms with Crippen molar-refractivity contribution >= 4 is 17.5 Å². The Bertz CT molecular complexity index is 744. The van der Waals surface area contributed by atoms with E-state index in [-0.39, 0.29) is 11.8 Å². The van der Waals surface area contributed by atoms with E-state index < -0.39 is 12.1 Å². The van der Waals surface area contributed by atoms with Crippen LogP contribution >= 0.6 is 0 Å². The number of amides is 2. The summed E-state index contributed by atoms with van der Waals surface area (Å²) in [6.07, 6.45) is 0.0811. The van der Waals surface area contributed by atoms with E-state index in [0.29, 0.717) is 18.0 Å². The highest BCUT2D eigenvalue weighted by atomic mass is 16.5. The van der Waals surface area contributed by atoms with Gasteiger partial charge in [0.2, 0.25) is 5.91 Å². The lowest BCUT2D eigenvalue weighted by Gasteiger charge is -2.30. The Morgan fingerprint density at radius 3 is 2.26 bits per heavy atom. The minimum Gasteiger partial charge on any atom is -0.481 e. The van der Waals surface area contributed by atoms with Crippen LogP contribution < -0.4 is 10.1 Å². The molecular weight excluding hydrogens is 340 g/mol. The molecule has 0 fully saturated rings. The van der Waals surface area contributed by atoms with Crippen LogP contribution in [0.5, 0.6) is 5.75 Å². The van der Waals surface area contributed by atoms with Crippen molar-refractivity contribution in [2.45, 2.75) is 46.3 Å². The van der Waals surface area contributed by atoms with Gasteiger partial charge in [-0.3, -0.25) is 9.59 Å². The minimum atomic E-state index is -0.675. The summed E-state index contributed by atoms with van der Waals surface area (Å²) >= 11 is 0. The molecule has 5 heteroatoms. The molecule has 2 rings (SSSR count). The van der Waals surface area contributed by atoms with Gasteiger partial charge in [0.25, 0.3) is 5.91 Å². The van der Waals surface area contributed by atoms with Crippen molar-refractivity contribution < 1.29 is 14.3 Å². The predicted octanol–water partition coefficient (Wildman–Crippen LogP) is 4.03. The number of rotatable bonds is 8. The first-order valence-electron chi connectivity index (χ1n) is 9.32. The molecule has 0 aliphatic rings. The topological polar surface area (TPSA) is 58.6 Å². The first-order chi connectivity index (χ1) is 12.9. The number of hydrogen-bond donors (Lipinski definition) is 1. The van der Waals surface area contributed by atoms with Crippen LogP contribution in [0.4, 0.5) is 5.69 Å². The summed E-state index contributed by atoms with van der Waals surface area (Å²) in [5.41, 5.74) is 1.84. The molecule has 2 aromatic carbocycles. The van der Waals surface area contributed by atoms with Gasteiger partial charge in [0.15, 0.2) is 6.10 Å². The van der Waals surface area contributed by atoms with Gasteiger partial charge in [-0.1, -0.05) is 42.8 Å². The lowest BCUT2D eigenvalue weighted by atomic mass is 10.2. The van der Waals surface area contributed by atoms with Gasteiger partial charge in [-0.15, -0.1) is 0 Å². The van der Waals surface area contributed by atoms with Gasteiger partial charge in [-0.05, 0) is 51.5 Å². The van der Waals surface area contributed by atoms with Crippen molar-refractivity contribution in [2.75, 3.05) is 11.9 Å². The van der Waals surface area contributed by atoms with Crippen molar-refractivity contribution in [3.05, 3.63) is 60.2 Å². The van der Waals surface area contributed by atoms with Crippen LogP contribution in [0.3, 0.4) is 0 Å². The van der Waals surface area contributed by atoms with Gasteiger partial charge in [0.1, 0.15) is 11.8 Å². The third-order valence-corrected chi connectivity index (χ3v) is 4.32. The molecule has 0 heterocycles. The Balaban J connectivity index is 2.05. The highest BCUT2D eigenvalue weighted by Crippen LogP contribution is 2.16. The second-order valence-electron chi connectivity index (χ2n) is 6.64. The second-order valence-corrected chi connectivity index (χ2v) is 6.64. The average molecular weight is 368 g/mol. The van der Waals surface area contributed by atoms with Gasteiger partial charge in [-0.25, -0.2) is 0 Å². The monoisotopic (exact) mass is 368 g/mol. The molecule has 0 saturated heterocycles. The molecule has 5 nitrogen and oxygen atoms in total. The van der Waals surface area contributed by atoms with Gasteiger partial charge in [0, 0.05) is 12.2 Å². The molecule has 2 amide bonds. The number of nitrogens with one attached hydrogen (secondary N) is 1. The van der Waals surface area contributed by atoms with Crippen molar-refractivity contribution in [1.29, 1.82) is 0 Å². The van der Waals surface area contributed by atoms with Gasteiger partial charge < -0.3 is 15.0 Å². The number of carbonyl (C=O) groups is 2. The summed E-state index contributed by atoms with van der Waals surface area (Å²) in [4.78, 5) is 27.1. The van der Waals surface area contributed by atoms with Crippen LogP contribution in [-0.4, -0.2) is 35.4 Å². The third-order valence-electron chi connectivity index (χ3n) is 4.32. The number of para-hydroxylation sites is 1. The summed E-state index contributed by atoms with van der Waals surface area (Å²) in [5.74, 6) is 0.220. The fourth-order valence-corrected chi connectivity index (χ4v) is 2.75. The Morgan fingerprint density at radius 1 is 1.04 bits per heavy atom. The van der Waals surface area contributed by atoms with E-state index in [1.165, 1.54) is 0 Å². The van der Waals surface area contributed by atoms with Crippen molar-refractivity contribution in [1.82, 2.24) is 4.90 Å². The van der Waals surface area contributed by atoms with E-state index in [2.05, 4.69) is 5.32 Å². The fourth-order valence-electron chi connectivity index (χ4n) is 2.75. The van der Waals surface area contributed by atoms with E-state index in [9.17, 15) is 9.59 Å². The first kappa shape index (κ1) is 20.5. The van der Waals surface area contributed by atoms with Gasteiger partial charge in [-0.2, -0.15) is 0 Å². The largest absolute Gasteiger partial charge is 0.481 e. The summed E-state index contributed by atoms with van der Waals surface area (Å²) in [6, 6.07) is 16.2. The maximum absolute atomic E-state index is 12.9. The predicted molar refractivity (Wildman–Crippen MR) is 108 cm³/mol. The molecule has 0 bridgehead atoms. The van der Waals surface area contributed by atoms with Crippen LogP contribution in [0.25, 0.3) is 0 Å². The molecule has 0 spiro atoms. The summed E-state index contributed by atoms with van der Waals surface area (Å²) < 4.78 is 5.78. The third kappa shape index (κ3) is 5.84. The molecule has 1 N–H and O–H groups in total. The Hall–Kier alpha value is -2.82. The molecule has 0 radical (unpaired) electrons. The van der Waals surface area contributed by atoms with E-state index in [1.54, 1.807) is 18.7 Å². The molecule has 0 aliphatic carbocycles. The SMILES string of the molecule is CCCN(C(=O)C(C)Oc1ccc(C)cc1)C(C)C(=O)Nc1ccccc1. The average Bonchev–Trinajstić information content (AvgIpc) is 2.67. The minimum absolute atomic E-state index is 0.201. The standard InChI is InChI=1S/C22H28N2O3/c1-5-15-24(17(3)21(25)23-19-9-7-6-8-10-19)22(26)18(4)27-20-13-11-16(2)12-14-20/h6-14,17-18H,5,15H2,1-4H3,(H,23,25). The number of nitrogens with zero attached hydrogens (tertiary/aromatic N) is 1. The zero-order chi connectivity index (χ0) is 19.8. The van der Waals surface area contributed by atoms with E-state index in [0.717, 1.165) is 12.0 Å². The molecular formula is C22H28N2O3. The molecule has 0 aromatic heterocycles. The van der Waals surface area contributed by atoms with Crippen LogP contribution in [0.15, 0.2) is 54.6 Å². The number of hydrogen-bond acceptors (Lipinski definition) is 3. The van der Waals surface area contributed by atoms with Crippen LogP contribution in [0.1, 0.15) is 32.8 Å². The van der Waals surface area contributed by atoms with Crippen molar-refractivity contribution in [3.8, 4) is 5.75 Å². The van der Waals surface area contributed by atoms with Gasteiger partial charge >= 0.3 is 0 Å². The maximum atomic E-state index is 12.9. The summed E-state index contributed by atoms with van der Waals surface area (Å²) in [7, 11) is 0. The number of benzene rings is 2. The molecule has 27 heavy (non-hydrogen) atoms. The molecule has 2 aromatic rings. The maximum Gasteiger partial charge on any atom is 0.264 e. The van der Waals surface area contributed by atoms with Crippen LogP contribution in [0.2, 0.25) is 0 Å². The number of ether oxygens (including phenoxy) is 1. The fraction of sp³-hybridized carbons (Fsp3) is 0.364. The van der Waals surface area contributed by atoms with E-state index in [4.69, 9.17) is 4.74 Å². The Labute approximate surface area is 161 Å². The zero-order valence-corrected chi connectivity index (χ0v) is 16.4. The van der Waals surface area contributed by atoms with E-state index in [1.807, 2.05) is 68.4 Å². The van der Waals surface area contributed by atoms with Crippen LogP contribution in [0, 0.1) is 6.92 Å². The van der Waals surface area contributed by atoms with Crippen LogP contribution in [-0.2, 0) is 9.59 Å². The quantitative estimate of drug-likeness (QED) is 0.765. The lowest BCUT2D eigenvalue weighted by molar-refractivity contribution is -0.143. The van der Waals surface area contributed by atoms with Crippen molar-refractivity contribution in [3.63, 3.8) is 0 Å². The Morgan fingerprint density at radius 2 is 1.67 bits per heavy atom. The lowest BCUT2D eigenvalue weighted by Crippen LogP contribution is -2.50. The molecule has 0 saturated carbocycles.